The summed E-state index contributed by atoms with van der Waals surface area (Å²) in [6.07, 6.45) is 3.41. The molecule has 16 nitrogen and oxygen atoms in total. The van der Waals surface area contributed by atoms with Crippen molar-refractivity contribution in [3.63, 3.8) is 0 Å². The van der Waals surface area contributed by atoms with Crippen molar-refractivity contribution in [1.82, 2.24) is 33.8 Å². The third kappa shape index (κ3) is 9.38. The van der Waals surface area contributed by atoms with Gasteiger partial charge in [-0.05, 0) is 110 Å². The number of hydrogen-bond acceptors (Lipinski definition) is 13. The van der Waals surface area contributed by atoms with Crippen LogP contribution in [0.25, 0.3) is 44.1 Å². The van der Waals surface area contributed by atoms with Crippen LogP contribution in [0.4, 0.5) is 20.4 Å². The number of ether oxygens (including phenoxy) is 2. The Morgan fingerprint density at radius 2 is 1.16 bits per heavy atom. The van der Waals surface area contributed by atoms with Crippen LogP contribution in [0.2, 0.25) is 10.0 Å². The van der Waals surface area contributed by atoms with Gasteiger partial charge in [0.05, 0.1) is 55.4 Å². The number of nitrogens with zero attached hydrogens (tertiary/aromatic N) is 9. The molecule has 2 fully saturated rings. The van der Waals surface area contributed by atoms with Gasteiger partial charge in [-0.2, -0.15) is 9.97 Å². The fraction of sp³-hybridized carbons (Fsp3) is 0.426. The molecule has 6 aromatic rings. The lowest BCUT2D eigenvalue weighted by Crippen LogP contribution is -2.58. The third-order valence-corrected chi connectivity index (χ3v) is 15.1. The first kappa shape index (κ1) is 52.4. The highest BCUT2D eigenvalue weighted by molar-refractivity contribution is 6.36. The van der Waals surface area contributed by atoms with E-state index < -0.39 is 17.3 Å². The normalized spacial score (nSPS) is 21.4. The topological polar surface area (TPSA) is 162 Å². The number of piperazine rings is 1. The van der Waals surface area contributed by atoms with E-state index in [-0.39, 0.29) is 105 Å². The maximum absolute atomic E-state index is 15.1. The number of hydrogen-bond donors (Lipinski definition) is 2. The smallest absolute Gasteiger partial charge is 0.350 e. The van der Waals surface area contributed by atoms with Crippen LogP contribution < -0.4 is 30.7 Å². The minimum Gasteiger partial charge on any atom is -0.507 e. The van der Waals surface area contributed by atoms with Gasteiger partial charge < -0.3 is 44.2 Å². The number of aromatic nitrogens is 4. The van der Waals surface area contributed by atoms with Gasteiger partial charge in [0.25, 0.3) is 0 Å². The van der Waals surface area contributed by atoms with Gasteiger partial charge in [-0.25, -0.2) is 18.4 Å². The molecular formula is C54H61Cl2F2N9O7. The Balaban J connectivity index is 0.000000183. The summed E-state index contributed by atoms with van der Waals surface area (Å²) < 4.78 is 45.7. The summed E-state index contributed by atoms with van der Waals surface area (Å²) in [4.78, 5) is 58.6. The lowest BCUT2D eigenvalue weighted by molar-refractivity contribution is -0.128. The number of aromatic hydroxyl groups is 2. The second kappa shape index (κ2) is 20.7. The molecule has 0 bridgehead atoms. The summed E-state index contributed by atoms with van der Waals surface area (Å²) in [5, 5.41) is 22.8. The van der Waals surface area contributed by atoms with Crippen molar-refractivity contribution < 1.29 is 33.3 Å². The molecule has 0 aliphatic carbocycles. The number of carbonyl (C=O) groups is 1. The minimum atomic E-state index is -0.667. The van der Waals surface area contributed by atoms with Crippen LogP contribution in [-0.4, -0.2) is 142 Å². The first-order chi connectivity index (χ1) is 35.2. The molecule has 4 aliphatic rings. The Labute approximate surface area is 437 Å². The Morgan fingerprint density at radius 3 is 1.59 bits per heavy atom. The van der Waals surface area contributed by atoms with Crippen LogP contribution in [0, 0.1) is 17.6 Å². The highest BCUT2D eigenvalue weighted by Gasteiger charge is 2.38. The van der Waals surface area contributed by atoms with Gasteiger partial charge in [-0.1, -0.05) is 48.8 Å². The molecule has 1 amide bonds. The average Bonchev–Trinajstić information content (AvgIpc) is 3.37. The zero-order valence-electron chi connectivity index (χ0n) is 42.7. The van der Waals surface area contributed by atoms with E-state index in [9.17, 15) is 29.0 Å². The number of phenolic OH excluding ortho intramolecular Hbond substituents is 2. The second-order valence-corrected chi connectivity index (χ2v) is 21.4. The van der Waals surface area contributed by atoms with E-state index in [1.54, 1.807) is 26.2 Å². The second-order valence-electron chi connectivity index (χ2n) is 20.5. The zero-order chi connectivity index (χ0) is 53.2. The van der Waals surface area contributed by atoms with Crippen LogP contribution >= 0.6 is 23.2 Å². The molecule has 0 spiro atoms. The molecule has 6 atom stereocenters. The van der Waals surface area contributed by atoms with Crippen LogP contribution in [0.5, 0.6) is 23.0 Å². The van der Waals surface area contributed by atoms with Gasteiger partial charge in [-0.3, -0.25) is 13.9 Å². The quantitative estimate of drug-likeness (QED) is 0.133. The van der Waals surface area contributed by atoms with Gasteiger partial charge in [0.2, 0.25) is 5.91 Å². The molecule has 10 rings (SSSR count). The number of halogens is 4. The zero-order valence-corrected chi connectivity index (χ0v) is 44.2. The van der Waals surface area contributed by atoms with Gasteiger partial charge in [0.1, 0.15) is 48.0 Å². The van der Waals surface area contributed by atoms with Crippen LogP contribution in [-0.2, 0) is 4.79 Å². The maximum atomic E-state index is 15.1. The summed E-state index contributed by atoms with van der Waals surface area (Å²) >= 11 is 13.6. The molecule has 6 heterocycles. The van der Waals surface area contributed by atoms with Gasteiger partial charge in [-0.15, -0.1) is 0 Å². The van der Waals surface area contributed by atoms with Gasteiger partial charge >= 0.3 is 11.4 Å². The molecule has 392 valence electrons. The Hall–Kier alpha value is -6.47. The van der Waals surface area contributed by atoms with Crippen molar-refractivity contribution in [2.24, 2.45) is 5.92 Å². The van der Waals surface area contributed by atoms with E-state index in [4.69, 9.17) is 32.7 Å². The highest BCUT2D eigenvalue weighted by Crippen LogP contribution is 2.51. The molecular weight excluding hydrogens is 996 g/mol. The number of amides is 1. The van der Waals surface area contributed by atoms with E-state index in [0.717, 1.165) is 19.4 Å². The number of phenols is 2. The van der Waals surface area contributed by atoms with E-state index in [1.807, 2.05) is 56.7 Å². The first-order valence-corrected chi connectivity index (χ1v) is 25.5. The van der Waals surface area contributed by atoms with Crippen molar-refractivity contribution in [2.45, 2.75) is 70.7 Å². The van der Waals surface area contributed by atoms with Crippen LogP contribution in [0.1, 0.15) is 52.6 Å². The molecule has 2 aromatic heterocycles. The highest BCUT2D eigenvalue weighted by atomic mass is 35.5. The maximum Gasteiger partial charge on any atom is 0.350 e. The van der Waals surface area contributed by atoms with Crippen molar-refractivity contribution in [3.05, 3.63) is 104 Å². The van der Waals surface area contributed by atoms with Crippen LogP contribution in [0.15, 0.2) is 70.8 Å². The molecule has 0 radical (unpaired) electrons. The standard InChI is InChI=1S/C28H31ClFN5O4.C26H30ClFN4O3/c1-6-22(37)33-11-16(3)34(12-15(33)2)27-18-10-19(29)23(24-20(30)8-7-9-21(24)36)26-25(18)35(28(38)31-27)17(14-39-26)13-32(4)5;1-14-8-9-15(2)31(11-14)25-17-10-18(27)21(22-19(28)6-5-7-20(22)33)24-23(17)32(26(34)29-25)16(13-35-24)12-30(3)4/h6-10,15-17,36H,1,11-14H2,2-5H3;5-7,10,14-16,33H,8-9,11-13H2,1-4H3/t15-,16+,17+;14-,15-,16-/m10/s1. The summed E-state index contributed by atoms with van der Waals surface area (Å²) in [5.74, 6) is -0.0283. The molecule has 4 aromatic carbocycles. The predicted octanol–water partition coefficient (Wildman–Crippen LogP) is 8.35. The lowest BCUT2D eigenvalue weighted by atomic mass is 9.94. The largest absolute Gasteiger partial charge is 0.507 e. The molecule has 0 saturated carbocycles. The summed E-state index contributed by atoms with van der Waals surface area (Å²) in [6, 6.07) is 10.7. The average molecular weight is 1060 g/mol. The molecule has 4 aliphatic heterocycles. The van der Waals surface area contributed by atoms with E-state index in [0.29, 0.717) is 71.3 Å². The lowest BCUT2D eigenvalue weighted by Gasteiger charge is -2.45. The summed E-state index contributed by atoms with van der Waals surface area (Å²) in [6.45, 7) is 14.8. The van der Waals surface area contributed by atoms with Crippen molar-refractivity contribution in [1.29, 1.82) is 0 Å². The predicted molar refractivity (Wildman–Crippen MR) is 286 cm³/mol. The molecule has 74 heavy (non-hydrogen) atoms. The van der Waals surface area contributed by atoms with Crippen molar-refractivity contribution >= 4 is 62.6 Å². The number of anilines is 2. The Kier molecular flexibility index (Phi) is 14.6. The fourth-order valence-electron chi connectivity index (χ4n) is 11.1. The third-order valence-electron chi connectivity index (χ3n) is 14.5. The van der Waals surface area contributed by atoms with Crippen molar-refractivity contribution in [2.75, 3.05) is 83.9 Å². The molecule has 2 saturated heterocycles. The fourth-order valence-corrected chi connectivity index (χ4v) is 11.7. The summed E-state index contributed by atoms with van der Waals surface area (Å²) in [7, 11) is 7.66. The van der Waals surface area contributed by atoms with E-state index in [2.05, 4.69) is 35.3 Å². The van der Waals surface area contributed by atoms with Crippen molar-refractivity contribution in [3.8, 4) is 45.3 Å². The Bertz CT molecular complexity index is 3290. The molecule has 0 unspecified atom stereocenters. The van der Waals surface area contributed by atoms with Gasteiger partial charge in [0, 0.05) is 61.6 Å². The minimum absolute atomic E-state index is 0.0437. The number of rotatable bonds is 9. The molecule has 20 heteroatoms. The van der Waals surface area contributed by atoms with Crippen LogP contribution in [0.3, 0.4) is 0 Å². The monoisotopic (exact) mass is 1060 g/mol. The van der Waals surface area contributed by atoms with E-state index >= 15 is 4.39 Å². The first-order valence-electron chi connectivity index (χ1n) is 24.7. The number of piperidine rings is 1. The SMILES string of the molecule is C=CC(=O)N1C[C@H](C)N(c2nc(=O)n3c4c(c(-c5c(O)cccc5F)c(Cl)cc24)OC[C@@H]3CN(C)C)C[C@H]1C.C[C@H]1CC[C@H](C)N(c2nc(=O)n3c4c(c(-c5c(O)cccc5F)c(Cl)cc24)OC[C@@H]3CN(C)C)C1. The Morgan fingerprint density at radius 1 is 0.703 bits per heavy atom. The number of benzene rings is 4. The number of likely N-dealkylation sites (N-methyl/N-ethyl adjacent to an activating group) is 2. The van der Waals surface area contributed by atoms with E-state index in [1.165, 1.54) is 42.5 Å². The number of carbonyl (C=O) groups excluding carboxylic acids is 1. The van der Waals surface area contributed by atoms with Gasteiger partial charge in [0.15, 0.2) is 11.5 Å². The summed E-state index contributed by atoms with van der Waals surface area (Å²) in [5.41, 5.74) is 0.406. The molecule has 2 N–H and O–H groups in total.